The van der Waals surface area contributed by atoms with Crippen molar-refractivity contribution in [1.82, 2.24) is 0 Å². The summed E-state index contributed by atoms with van der Waals surface area (Å²) < 4.78 is 4.63. The first-order valence-electron chi connectivity index (χ1n) is 5.27. The van der Waals surface area contributed by atoms with Crippen LogP contribution in [-0.4, -0.2) is 28.9 Å². The number of rotatable bonds is 5. The Morgan fingerprint density at radius 2 is 1.94 bits per heavy atom. The van der Waals surface area contributed by atoms with Gasteiger partial charge in [0, 0.05) is 5.33 Å². The van der Waals surface area contributed by atoms with Crippen molar-refractivity contribution in [3.05, 3.63) is 35.4 Å². The fourth-order valence-corrected chi connectivity index (χ4v) is 1.72. The first-order chi connectivity index (χ1) is 8.10. The second-order valence-electron chi connectivity index (χ2n) is 3.52. The topological polar surface area (TPSA) is 66.8 Å². The molecule has 0 radical (unpaired) electrons. The molecule has 0 fully saturated rings. The van der Waals surface area contributed by atoms with Gasteiger partial charge in [-0.2, -0.15) is 0 Å². The Morgan fingerprint density at radius 1 is 1.35 bits per heavy atom. The van der Waals surface area contributed by atoms with Gasteiger partial charge < -0.3 is 14.9 Å². The molecule has 5 heteroatoms. The molecule has 2 unspecified atom stereocenters. The summed E-state index contributed by atoms with van der Waals surface area (Å²) in [5.74, 6) is -0.815. The summed E-state index contributed by atoms with van der Waals surface area (Å²) in [4.78, 5) is 11.2. The standard InChI is InChI=1S/C12H15BrO4/c1-2-17-12(16)11(15)10(14)9-5-3-8(7-13)4-6-9/h3-6,10-11,14-15H,2,7H2,1H3. The Kier molecular flexibility index (Phi) is 5.61. The molecule has 0 aromatic heterocycles. The van der Waals surface area contributed by atoms with Gasteiger partial charge in [-0.3, -0.25) is 0 Å². The van der Waals surface area contributed by atoms with Crippen molar-refractivity contribution in [3.63, 3.8) is 0 Å². The third-order valence-electron chi connectivity index (χ3n) is 2.30. The van der Waals surface area contributed by atoms with Crippen LogP contribution in [0.15, 0.2) is 24.3 Å². The molecule has 1 rings (SSSR count). The van der Waals surface area contributed by atoms with Crippen LogP contribution in [0, 0.1) is 0 Å². The molecule has 0 heterocycles. The fraction of sp³-hybridized carbons (Fsp3) is 0.417. The number of hydrogen-bond donors (Lipinski definition) is 2. The molecule has 2 N–H and O–H groups in total. The first kappa shape index (κ1) is 14.2. The van der Waals surface area contributed by atoms with Gasteiger partial charge in [-0.25, -0.2) is 4.79 Å². The number of aliphatic hydroxyl groups is 2. The number of hydrogen-bond acceptors (Lipinski definition) is 4. The van der Waals surface area contributed by atoms with Gasteiger partial charge in [0.15, 0.2) is 6.10 Å². The van der Waals surface area contributed by atoms with Crippen LogP contribution in [0.5, 0.6) is 0 Å². The van der Waals surface area contributed by atoms with Gasteiger partial charge in [0.1, 0.15) is 6.10 Å². The Labute approximate surface area is 108 Å². The lowest BCUT2D eigenvalue weighted by Gasteiger charge is -2.16. The number of alkyl halides is 1. The van der Waals surface area contributed by atoms with E-state index >= 15 is 0 Å². The molecule has 0 aliphatic heterocycles. The molecule has 0 amide bonds. The Hall–Kier alpha value is -0.910. The van der Waals surface area contributed by atoms with Crippen LogP contribution in [-0.2, 0) is 14.9 Å². The highest BCUT2D eigenvalue weighted by molar-refractivity contribution is 9.08. The van der Waals surface area contributed by atoms with Gasteiger partial charge in [-0.1, -0.05) is 40.2 Å². The average Bonchev–Trinajstić information content (AvgIpc) is 2.37. The normalized spacial score (nSPS) is 14.1. The van der Waals surface area contributed by atoms with Gasteiger partial charge in [0.05, 0.1) is 6.61 Å². The summed E-state index contributed by atoms with van der Waals surface area (Å²) in [6.07, 6.45) is -2.82. The van der Waals surface area contributed by atoms with E-state index in [0.29, 0.717) is 10.9 Å². The van der Waals surface area contributed by atoms with E-state index in [0.717, 1.165) is 5.56 Å². The van der Waals surface area contributed by atoms with Gasteiger partial charge in [-0.05, 0) is 18.1 Å². The van der Waals surface area contributed by atoms with E-state index in [1.54, 1.807) is 19.1 Å². The van der Waals surface area contributed by atoms with Crippen molar-refractivity contribution in [1.29, 1.82) is 0 Å². The number of esters is 1. The second kappa shape index (κ2) is 6.74. The van der Waals surface area contributed by atoms with E-state index in [4.69, 9.17) is 0 Å². The van der Waals surface area contributed by atoms with Crippen molar-refractivity contribution in [2.45, 2.75) is 24.5 Å². The molecule has 0 saturated carbocycles. The van der Waals surface area contributed by atoms with Crippen LogP contribution in [0.3, 0.4) is 0 Å². The summed E-state index contributed by atoms with van der Waals surface area (Å²) in [6, 6.07) is 6.96. The fourth-order valence-electron chi connectivity index (χ4n) is 1.34. The molecule has 0 spiro atoms. The van der Waals surface area contributed by atoms with Gasteiger partial charge >= 0.3 is 5.97 Å². The molecule has 0 saturated heterocycles. The van der Waals surface area contributed by atoms with Crippen LogP contribution < -0.4 is 0 Å². The van der Waals surface area contributed by atoms with Crippen LogP contribution in [0.4, 0.5) is 0 Å². The maximum absolute atomic E-state index is 11.2. The van der Waals surface area contributed by atoms with E-state index in [-0.39, 0.29) is 6.61 Å². The quantitative estimate of drug-likeness (QED) is 0.639. The van der Waals surface area contributed by atoms with Crippen LogP contribution in [0.1, 0.15) is 24.2 Å². The molecule has 2 atom stereocenters. The van der Waals surface area contributed by atoms with Crippen molar-refractivity contribution < 1.29 is 19.7 Å². The largest absolute Gasteiger partial charge is 0.464 e. The van der Waals surface area contributed by atoms with E-state index < -0.39 is 18.2 Å². The van der Waals surface area contributed by atoms with Crippen molar-refractivity contribution >= 4 is 21.9 Å². The van der Waals surface area contributed by atoms with E-state index in [9.17, 15) is 15.0 Å². The molecule has 0 aliphatic carbocycles. The highest BCUT2D eigenvalue weighted by Gasteiger charge is 2.26. The van der Waals surface area contributed by atoms with Crippen LogP contribution in [0.25, 0.3) is 0 Å². The van der Waals surface area contributed by atoms with E-state index in [1.807, 2.05) is 12.1 Å². The summed E-state index contributed by atoms with van der Waals surface area (Å²) in [5, 5.41) is 20.1. The number of benzene rings is 1. The molecule has 1 aromatic carbocycles. The zero-order valence-electron chi connectivity index (χ0n) is 9.47. The summed E-state index contributed by atoms with van der Waals surface area (Å²) in [6.45, 7) is 1.81. The Morgan fingerprint density at radius 3 is 2.41 bits per heavy atom. The minimum absolute atomic E-state index is 0.172. The van der Waals surface area contributed by atoms with Gasteiger partial charge in [-0.15, -0.1) is 0 Å². The van der Waals surface area contributed by atoms with Crippen molar-refractivity contribution in [3.8, 4) is 0 Å². The van der Waals surface area contributed by atoms with Crippen LogP contribution in [0.2, 0.25) is 0 Å². The summed E-state index contributed by atoms with van der Waals surface area (Å²) in [5.41, 5.74) is 1.53. The summed E-state index contributed by atoms with van der Waals surface area (Å²) in [7, 11) is 0. The Balaban J connectivity index is 2.73. The molecule has 17 heavy (non-hydrogen) atoms. The lowest BCUT2D eigenvalue weighted by molar-refractivity contribution is -0.159. The van der Waals surface area contributed by atoms with Crippen LogP contribution >= 0.6 is 15.9 Å². The number of carbonyl (C=O) groups is 1. The lowest BCUT2D eigenvalue weighted by Crippen LogP contribution is -2.29. The molecular weight excluding hydrogens is 288 g/mol. The maximum Gasteiger partial charge on any atom is 0.338 e. The lowest BCUT2D eigenvalue weighted by atomic mass is 10.0. The van der Waals surface area contributed by atoms with Gasteiger partial charge in [0.2, 0.25) is 0 Å². The van der Waals surface area contributed by atoms with E-state index in [1.165, 1.54) is 0 Å². The average molecular weight is 303 g/mol. The summed E-state index contributed by atoms with van der Waals surface area (Å²) >= 11 is 3.31. The molecule has 4 nitrogen and oxygen atoms in total. The minimum Gasteiger partial charge on any atom is -0.464 e. The monoisotopic (exact) mass is 302 g/mol. The third kappa shape index (κ3) is 3.80. The molecular formula is C12H15BrO4. The Bertz CT molecular complexity index is 363. The molecule has 0 aliphatic rings. The van der Waals surface area contributed by atoms with E-state index in [2.05, 4.69) is 20.7 Å². The minimum atomic E-state index is -1.55. The highest BCUT2D eigenvalue weighted by atomic mass is 79.9. The first-order valence-corrected chi connectivity index (χ1v) is 6.39. The number of ether oxygens (including phenoxy) is 1. The SMILES string of the molecule is CCOC(=O)C(O)C(O)c1ccc(CBr)cc1. The predicted molar refractivity (Wildman–Crippen MR) is 66.7 cm³/mol. The van der Waals surface area contributed by atoms with Crippen molar-refractivity contribution in [2.75, 3.05) is 6.61 Å². The number of carbonyl (C=O) groups excluding carboxylic acids is 1. The highest BCUT2D eigenvalue weighted by Crippen LogP contribution is 2.19. The van der Waals surface area contributed by atoms with Gasteiger partial charge in [0.25, 0.3) is 0 Å². The van der Waals surface area contributed by atoms with Crippen molar-refractivity contribution in [2.24, 2.45) is 0 Å². The molecule has 0 bridgehead atoms. The number of aliphatic hydroxyl groups excluding tert-OH is 2. The second-order valence-corrected chi connectivity index (χ2v) is 4.08. The predicted octanol–water partition coefficient (Wildman–Crippen LogP) is 1.54. The molecule has 94 valence electrons. The number of halogens is 1. The third-order valence-corrected chi connectivity index (χ3v) is 2.95. The zero-order chi connectivity index (χ0) is 12.8. The maximum atomic E-state index is 11.2. The smallest absolute Gasteiger partial charge is 0.338 e. The molecule has 1 aromatic rings. The zero-order valence-corrected chi connectivity index (χ0v) is 11.1.